The number of aliphatic hydroxyl groups excluding tert-OH is 2. The first-order valence-corrected chi connectivity index (χ1v) is 12.2. The van der Waals surface area contributed by atoms with Gasteiger partial charge in [0.2, 0.25) is 17.7 Å². The molecule has 0 aliphatic heterocycles. The summed E-state index contributed by atoms with van der Waals surface area (Å²) in [5, 5.41) is 29.5. The number of carbonyl (C=O) groups is 5. The second-order valence-corrected chi connectivity index (χ2v) is 8.86. The van der Waals surface area contributed by atoms with Gasteiger partial charge < -0.3 is 35.3 Å². The Morgan fingerprint density at radius 1 is 0.838 bits per heavy atom. The molecule has 0 aliphatic rings. The first-order chi connectivity index (χ1) is 17.6. The van der Waals surface area contributed by atoms with Gasteiger partial charge in [0.15, 0.2) is 0 Å². The molecule has 4 N–H and O–H groups in total. The van der Waals surface area contributed by atoms with Crippen molar-refractivity contribution < 1.29 is 39.3 Å². The molecule has 0 radical (unpaired) electrons. The van der Waals surface area contributed by atoms with Crippen LogP contribution < -0.4 is 5.32 Å². The fraction of sp³-hybridized carbons (Fsp3) is 0.560. The summed E-state index contributed by atoms with van der Waals surface area (Å²) in [6.45, 7) is 2.30. The van der Waals surface area contributed by atoms with Gasteiger partial charge in [-0.15, -0.1) is 0 Å². The summed E-state index contributed by atoms with van der Waals surface area (Å²) in [4.78, 5) is 65.5. The maximum Gasteiger partial charge on any atom is 0.322 e. The van der Waals surface area contributed by atoms with Crippen LogP contribution in [0.2, 0.25) is 0 Å². The van der Waals surface area contributed by atoms with Crippen LogP contribution in [-0.2, 0) is 19.2 Å². The fourth-order valence-electron chi connectivity index (χ4n) is 3.48. The van der Waals surface area contributed by atoms with Gasteiger partial charge in [-0.25, -0.2) is 0 Å². The van der Waals surface area contributed by atoms with Gasteiger partial charge in [-0.3, -0.25) is 24.0 Å². The van der Waals surface area contributed by atoms with Gasteiger partial charge in [-0.1, -0.05) is 32.0 Å². The van der Waals surface area contributed by atoms with Gasteiger partial charge in [0.05, 0.1) is 13.2 Å². The van der Waals surface area contributed by atoms with Crippen molar-refractivity contribution >= 4 is 29.6 Å². The Morgan fingerprint density at radius 3 is 2.03 bits per heavy atom. The minimum absolute atomic E-state index is 0.0716. The van der Waals surface area contributed by atoms with E-state index in [0.29, 0.717) is 12.1 Å². The normalized spacial score (nSPS) is 10.6. The monoisotopic (exact) mass is 522 g/mol. The number of aliphatic carboxylic acids is 1. The average Bonchev–Trinajstić information content (AvgIpc) is 2.86. The van der Waals surface area contributed by atoms with Crippen molar-refractivity contribution in [3.8, 4) is 0 Å². The van der Waals surface area contributed by atoms with Crippen molar-refractivity contribution in [1.29, 1.82) is 0 Å². The number of rotatable bonds is 17. The first-order valence-electron chi connectivity index (χ1n) is 12.2. The lowest BCUT2D eigenvalue weighted by atomic mass is 10.1. The topological polar surface area (TPSA) is 168 Å². The Morgan fingerprint density at radius 2 is 1.46 bits per heavy atom. The molecule has 0 aromatic heterocycles. The number of amides is 4. The number of nitrogens with one attached hydrogen (secondary N) is 1. The van der Waals surface area contributed by atoms with E-state index in [9.17, 15) is 34.2 Å². The van der Waals surface area contributed by atoms with Crippen molar-refractivity contribution in [3.05, 3.63) is 35.9 Å². The summed E-state index contributed by atoms with van der Waals surface area (Å²) in [5.74, 6) is -3.02. The van der Waals surface area contributed by atoms with Crippen LogP contribution in [0.5, 0.6) is 0 Å². The summed E-state index contributed by atoms with van der Waals surface area (Å²) in [7, 11) is 0. The molecule has 0 saturated carbocycles. The van der Waals surface area contributed by atoms with Crippen molar-refractivity contribution in [2.45, 2.75) is 26.7 Å². The maximum absolute atomic E-state index is 13.2. The molecule has 0 heterocycles. The van der Waals surface area contributed by atoms with Crippen LogP contribution in [0.3, 0.4) is 0 Å². The van der Waals surface area contributed by atoms with Crippen molar-refractivity contribution in [2.24, 2.45) is 5.92 Å². The summed E-state index contributed by atoms with van der Waals surface area (Å²) >= 11 is 0. The average molecular weight is 523 g/mol. The quantitative estimate of drug-likeness (QED) is 0.210. The van der Waals surface area contributed by atoms with E-state index in [1.165, 1.54) is 14.7 Å². The van der Waals surface area contributed by atoms with Crippen molar-refractivity contribution in [3.63, 3.8) is 0 Å². The van der Waals surface area contributed by atoms with Crippen LogP contribution in [0.1, 0.15) is 37.0 Å². The number of carbonyl (C=O) groups excluding carboxylic acids is 4. The number of hydrogen-bond acceptors (Lipinski definition) is 7. The van der Waals surface area contributed by atoms with E-state index in [2.05, 4.69) is 5.32 Å². The zero-order chi connectivity index (χ0) is 27.8. The van der Waals surface area contributed by atoms with Crippen LogP contribution >= 0.6 is 0 Å². The van der Waals surface area contributed by atoms with Gasteiger partial charge in [0, 0.05) is 44.8 Å². The molecule has 12 nitrogen and oxygen atoms in total. The Kier molecular flexibility index (Phi) is 14.5. The molecule has 4 amide bonds. The number of benzene rings is 1. The van der Waals surface area contributed by atoms with Crippen LogP contribution in [-0.4, -0.2) is 119 Å². The van der Waals surface area contributed by atoms with E-state index < -0.39 is 30.2 Å². The van der Waals surface area contributed by atoms with Gasteiger partial charge in [0.1, 0.15) is 13.1 Å². The fourth-order valence-corrected chi connectivity index (χ4v) is 3.48. The second-order valence-electron chi connectivity index (χ2n) is 8.86. The lowest BCUT2D eigenvalue weighted by molar-refractivity contribution is -0.141. The molecular formula is C25H38N4O8. The molecule has 1 rings (SSSR count). The zero-order valence-electron chi connectivity index (χ0n) is 21.5. The summed E-state index contributed by atoms with van der Waals surface area (Å²) < 4.78 is 0. The highest BCUT2D eigenvalue weighted by Crippen LogP contribution is 2.09. The standard InChI is InChI=1S/C25H38N4O8/c1-19(2)16-29(25(37)20-7-4-3-5-8-20)18-23(34)28(10-6-13-30)17-22(33)27(12-14-31)11-9-21(32)26-15-24(35)36/h3-5,7-8,19,30-31H,6,9-18H2,1-2H3,(H,26,32)(H,35,36). The number of hydrogen-bond donors (Lipinski definition) is 4. The zero-order valence-corrected chi connectivity index (χ0v) is 21.5. The Bertz CT molecular complexity index is 894. The molecule has 0 saturated heterocycles. The Balaban J connectivity index is 2.94. The largest absolute Gasteiger partial charge is 0.480 e. The predicted octanol–water partition coefficient (Wildman–Crippen LogP) is -0.592. The highest BCUT2D eigenvalue weighted by atomic mass is 16.4. The minimum atomic E-state index is -1.20. The van der Waals surface area contributed by atoms with Crippen molar-refractivity contribution in [1.82, 2.24) is 20.0 Å². The Hall–Kier alpha value is -3.51. The van der Waals surface area contributed by atoms with Crippen LogP contribution in [0, 0.1) is 5.92 Å². The Labute approximate surface area is 216 Å². The van der Waals surface area contributed by atoms with E-state index in [1.807, 2.05) is 13.8 Å². The first kappa shape index (κ1) is 31.5. The third-order valence-electron chi connectivity index (χ3n) is 5.25. The van der Waals surface area contributed by atoms with Gasteiger partial charge in [0.25, 0.3) is 5.91 Å². The maximum atomic E-state index is 13.2. The van der Waals surface area contributed by atoms with Gasteiger partial charge in [-0.05, 0) is 24.5 Å². The molecule has 0 aliphatic carbocycles. The highest BCUT2D eigenvalue weighted by molar-refractivity contribution is 5.97. The SMILES string of the molecule is CC(C)CN(CC(=O)N(CCCO)CC(=O)N(CCO)CCC(=O)NCC(=O)O)C(=O)c1ccccc1. The van der Waals surface area contributed by atoms with E-state index in [4.69, 9.17) is 5.11 Å². The molecule has 37 heavy (non-hydrogen) atoms. The van der Waals surface area contributed by atoms with Gasteiger partial charge >= 0.3 is 5.97 Å². The summed E-state index contributed by atoms with van der Waals surface area (Å²) in [5.41, 5.74) is 0.434. The molecule has 0 atom stereocenters. The molecule has 0 bridgehead atoms. The summed E-state index contributed by atoms with van der Waals surface area (Å²) in [6.07, 6.45) is 0.0325. The molecule has 1 aromatic carbocycles. The molecule has 0 fully saturated rings. The molecular weight excluding hydrogens is 484 g/mol. The number of nitrogens with zero attached hydrogens (tertiary/aromatic N) is 3. The highest BCUT2D eigenvalue weighted by Gasteiger charge is 2.26. The lowest BCUT2D eigenvalue weighted by Gasteiger charge is -2.30. The van der Waals surface area contributed by atoms with E-state index >= 15 is 0 Å². The summed E-state index contributed by atoms with van der Waals surface area (Å²) in [6, 6.07) is 8.56. The molecule has 12 heteroatoms. The van der Waals surface area contributed by atoms with E-state index in [1.54, 1.807) is 30.3 Å². The second kappa shape index (κ2) is 17.0. The van der Waals surface area contributed by atoms with E-state index in [-0.39, 0.29) is 70.6 Å². The third kappa shape index (κ3) is 12.3. The van der Waals surface area contributed by atoms with Gasteiger partial charge in [-0.2, -0.15) is 0 Å². The van der Waals surface area contributed by atoms with Crippen molar-refractivity contribution in [2.75, 3.05) is 59.0 Å². The number of carboxylic acids is 1. The van der Waals surface area contributed by atoms with Crippen LogP contribution in [0.25, 0.3) is 0 Å². The lowest BCUT2D eigenvalue weighted by Crippen LogP contribution is -2.49. The number of carboxylic acid groups (broad SMARTS) is 1. The predicted molar refractivity (Wildman–Crippen MR) is 134 cm³/mol. The minimum Gasteiger partial charge on any atom is -0.480 e. The van der Waals surface area contributed by atoms with Crippen LogP contribution in [0.15, 0.2) is 30.3 Å². The molecule has 0 unspecified atom stereocenters. The third-order valence-corrected chi connectivity index (χ3v) is 5.25. The van der Waals surface area contributed by atoms with Crippen LogP contribution in [0.4, 0.5) is 0 Å². The molecule has 0 spiro atoms. The number of aliphatic hydroxyl groups is 2. The molecule has 1 aromatic rings. The van der Waals surface area contributed by atoms with E-state index in [0.717, 1.165) is 0 Å². The smallest absolute Gasteiger partial charge is 0.322 e. The molecule has 206 valence electrons.